The first-order chi connectivity index (χ1) is 15.8. The van der Waals surface area contributed by atoms with Crippen molar-refractivity contribution in [3.8, 4) is 11.5 Å². The Morgan fingerprint density at radius 1 is 0.909 bits per heavy atom. The fraction of sp³-hybridized carbons (Fsp3) is 0.227. The maximum Gasteiger partial charge on any atom is 0.329 e. The number of methoxy groups -OCH3 is 2. The van der Waals surface area contributed by atoms with Gasteiger partial charge in [0.25, 0.3) is 23.6 Å². The molecule has 11 heteroatoms. The number of hydrogen-bond donors (Lipinski definition) is 2. The van der Waals surface area contributed by atoms with Gasteiger partial charge in [0.05, 0.1) is 25.3 Å². The third-order valence-corrected chi connectivity index (χ3v) is 4.86. The molecule has 11 nitrogen and oxygen atoms in total. The molecule has 172 valence electrons. The Balaban J connectivity index is 1.51. The molecule has 1 aliphatic rings. The summed E-state index contributed by atoms with van der Waals surface area (Å²) in [7, 11) is 2.87. The fourth-order valence-electron chi connectivity index (χ4n) is 3.13. The first kappa shape index (κ1) is 23.3. The van der Waals surface area contributed by atoms with Crippen molar-refractivity contribution in [1.29, 1.82) is 0 Å². The van der Waals surface area contributed by atoms with Crippen LogP contribution >= 0.6 is 0 Å². The first-order valence-electron chi connectivity index (χ1n) is 9.73. The van der Waals surface area contributed by atoms with Crippen molar-refractivity contribution in [2.75, 3.05) is 20.8 Å². The monoisotopic (exact) mass is 455 g/mol. The van der Waals surface area contributed by atoms with E-state index in [0.717, 1.165) is 4.90 Å². The van der Waals surface area contributed by atoms with E-state index in [9.17, 15) is 24.0 Å². The van der Waals surface area contributed by atoms with Gasteiger partial charge in [0.2, 0.25) is 0 Å². The summed E-state index contributed by atoms with van der Waals surface area (Å²) in [5.41, 5.74) is 4.85. The third kappa shape index (κ3) is 4.76. The summed E-state index contributed by atoms with van der Waals surface area (Å²) >= 11 is 0. The molecule has 4 amide bonds. The maximum atomic E-state index is 12.4. The molecule has 0 spiro atoms. The van der Waals surface area contributed by atoms with Gasteiger partial charge in [0, 0.05) is 5.56 Å². The normalized spacial score (nSPS) is 13.1. The van der Waals surface area contributed by atoms with Crippen LogP contribution in [-0.4, -0.2) is 61.4 Å². The van der Waals surface area contributed by atoms with Crippen LogP contribution in [0.15, 0.2) is 42.5 Å². The predicted octanol–water partition coefficient (Wildman–Crippen LogP) is 0.693. The van der Waals surface area contributed by atoms with Gasteiger partial charge in [0.15, 0.2) is 18.1 Å². The largest absolute Gasteiger partial charge is 0.493 e. The first-order valence-corrected chi connectivity index (χ1v) is 9.73. The van der Waals surface area contributed by atoms with Crippen LogP contribution in [-0.2, 0) is 14.3 Å². The van der Waals surface area contributed by atoms with Gasteiger partial charge < -0.3 is 14.2 Å². The van der Waals surface area contributed by atoms with E-state index in [1.54, 1.807) is 12.1 Å². The zero-order valence-corrected chi connectivity index (χ0v) is 18.0. The Morgan fingerprint density at radius 2 is 1.52 bits per heavy atom. The van der Waals surface area contributed by atoms with Crippen molar-refractivity contribution in [2.45, 2.75) is 13.0 Å². The number of nitrogens with zero attached hydrogens (tertiary/aromatic N) is 1. The quantitative estimate of drug-likeness (QED) is 0.353. The number of amides is 4. The van der Waals surface area contributed by atoms with Crippen LogP contribution < -0.4 is 20.3 Å². The van der Waals surface area contributed by atoms with Crippen molar-refractivity contribution < 1.29 is 38.2 Å². The summed E-state index contributed by atoms with van der Waals surface area (Å²) < 4.78 is 15.1. The van der Waals surface area contributed by atoms with Gasteiger partial charge in [-0.25, -0.2) is 4.79 Å². The Labute approximate surface area is 188 Å². The van der Waals surface area contributed by atoms with Crippen molar-refractivity contribution in [1.82, 2.24) is 15.8 Å². The van der Waals surface area contributed by atoms with E-state index in [-0.39, 0.29) is 16.7 Å². The van der Waals surface area contributed by atoms with Crippen molar-refractivity contribution >= 4 is 29.6 Å². The smallest absolute Gasteiger partial charge is 0.329 e. The SMILES string of the molecule is COc1ccc(C(=O)NNC(=O)COC(=O)C(C)N2C(=O)c3ccccc3C2=O)cc1OC. The van der Waals surface area contributed by atoms with Crippen molar-refractivity contribution in [3.05, 3.63) is 59.2 Å². The van der Waals surface area contributed by atoms with E-state index < -0.39 is 42.2 Å². The van der Waals surface area contributed by atoms with Crippen molar-refractivity contribution in [3.63, 3.8) is 0 Å². The number of carbonyl (C=O) groups excluding carboxylic acids is 5. The topological polar surface area (TPSA) is 140 Å². The maximum absolute atomic E-state index is 12.4. The lowest BCUT2D eigenvalue weighted by atomic mass is 10.1. The molecule has 1 heterocycles. The number of fused-ring (bicyclic) bond motifs is 1. The minimum atomic E-state index is -1.24. The Bertz CT molecular complexity index is 1100. The van der Waals surface area contributed by atoms with Gasteiger partial charge in [-0.05, 0) is 37.3 Å². The van der Waals surface area contributed by atoms with Gasteiger partial charge in [-0.15, -0.1) is 0 Å². The van der Waals surface area contributed by atoms with Gasteiger partial charge in [-0.1, -0.05) is 12.1 Å². The molecule has 1 aliphatic heterocycles. The average molecular weight is 455 g/mol. The number of benzene rings is 2. The number of rotatable bonds is 7. The van der Waals surface area contributed by atoms with Crippen LogP contribution in [0.1, 0.15) is 38.0 Å². The highest BCUT2D eigenvalue weighted by Gasteiger charge is 2.41. The number of carbonyl (C=O) groups is 5. The molecule has 1 atom stereocenters. The van der Waals surface area contributed by atoms with Gasteiger partial charge in [-0.3, -0.25) is 34.9 Å². The summed E-state index contributed by atoms with van der Waals surface area (Å²) in [6.45, 7) is 0.583. The molecule has 33 heavy (non-hydrogen) atoms. The molecular formula is C22H21N3O8. The summed E-state index contributed by atoms with van der Waals surface area (Å²) in [4.78, 5) is 62.1. The Kier molecular flexibility index (Phi) is 6.91. The number of nitrogens with one attached hydrogen (secondary N) is 2. The van der Waals surface area contributed by atoms with Crippen LogP contribution in [0.3, 0.4) is 0 Å². The molecule has 0 saturated heterocycles. The predicted molar refractivity (Wildman–Crippen MR) is 113 cm³/mol. The van der Waals surface area contributed by atoms with Gasteiger partial charge >= 0.3 is 5.97 Å². The zero-order valence-electron chi connectivity index (χ0n) is 18.0. The van der Waals surface area contributed by atoms with Gasteiger partial charge in [-0.2, -0.15) is 0 Å². The minimum absolute atomic E-state index is 0.184. The van der Waals surface area contributed by atoms with E-state index >= 15 is 0 Å². The van der Waals surface area contributed by atoms with Crippen LogP contribution in [0.2, 0.25) is 0 Å². The Hall–Kier alpha value is -4.41. The molecule has 1 unspecified atom stereocenters. The van der Waals surface area contributed by atoms with Gasteiger partial charge in [0.1, 0.15) is 6.04 Å². The van der Waals surface area contributed by atoms with E-state index in [2.05, 4.69) is 10.9 Å². The third-order valence-electron chi connectivity index (χ3n) is 4.86. The van der Waals surface area contributed by atoms with Crippen LogP contribution in [0.4, 0.5) is 0 Å². The summed E-state index contributed by atoms with van der Waals surface area (Å²) in [6, 6.07) is 9.36. The fourth-order valence-corrected chi connectivity index (χ4v) is 3.13. The number of hydrazine groups is 1. The standard InChI is InChI=1S/C22H21N3O8/c1-12(25-20(28)14-6-4-5-7-15(14)21(25)29)22(30)33-11-18(26)23-24-19(27)13-8-9-16(31-2)17(10-13)32-3/h4-10,12H,11H2,1-3H3,(H,23,26)(H,24,27). The molecular weight excluding hydrogens is 434 g/mol. The van der Waals surface area contributed by atoms with E-state index in [1.165, 1.54) is 51.5 Å². The molecule has 2 aromatic rings. The number of ether oxygens (including phenoxy) is 3. The number of imide groups is 1. The summed E-state index contributed by atoms with van der Waals surface area (Å²) in [6.07, 6.45) is 0. The molecule has 2 N–H and O–H groups in total. The molecule has 3 rings (SSSR count). The van der Waals surface area contributed by atoms with Crippen LogP contribution in [0.25, 0.3) is 0 Å². The molecule has 0 aliphatic carbocycles. The lowest BCUT2D eigenvalue weighted by Crippen LogP contribution is -2.46. The molecule has 0 fully saturated rings. The highest BCUT2D eigenvalue weighted by atomic mass is 16.5. The second kappa shape index (κ2) is 9.81. The number of hydrogen-bond acceptors (Lipinski definition) is 8. The highest BCUT2D eigenvalue weighted by Crippen LogP contribution is 2.27. The molecule has 2 aromatic carbocycles. The average Bonchev–Trinajstić information content (AvgIpc) is 3.09. The highest BCUT2D eigenvalue weighted by molar-refractivity contribution is 6.22. The molecule has 0 aromatic heterocycles. The second-order valence-electron chi connectivity index (χ2n) is 6.88. The molecule has 0 radical (unpaired) electrons. The molecule has 0 saturated carbocycles. The lowest BCUT2D eigenvalue weighted by molar-refractivity contribution is -0.152. The summed E-state index contributed by atoms with van der Waals surface area (Å²) in [5, 5.41) is 0. The summed E-state index contributed by atoms with van der Waals surface area (Å²) in [5.74, 6) is -2.91. The van der Waals surface area contributed by atoms with E-state index in [0.29, 0.717) is 11.5 Å². The van der Waals surface area contributed by atoms with E-state index in [1.807, 2.05) is 0 Å². The molecule has 0 bridgehead atoms. The minimum Gasteiger partial charge on any atom is -0.493 e. The van der Waals surface area contributed by atoms with E-state index in [4.69, 9.17) is 14.2 Å². The van der Waals surface area contributed by atoms with Crippen LogP contribution in [0.5, 0.6) is 11.5 Å². The zero-order chi connectivity index (χ0) is 24.1. The Morgan fingerprint density at radius 3 is 2.09 bits per heavy atom. The second-order valence-corrected chi connectivity index (χ2v) is 6.88. The lowest BCUT2D eigenvalue weighted by Gasteiger charge is -2.20. The van der Waals surface area contributed by atoms with Crippen molar-refractivity contribution in [2.24, 2.45) is 0 Å². The van der Waals surface area contributed by atoms with Crippen LogP contribution in [0, 0.1) is 0 Å². The number of esters is 1.